The van der Waals surface area contributed by atoms with E-state index in [4.69, 9.17) is 36.1 Å². The summed E-state index contributed by atoms with van der Waals surface area (Å²) >= 11 is 0. The van der Waals surface area contributed by atoms with Crippen LogP contribution in [0.1, 0.15) is 94.2 Å². The fourth-order valence-corrected chi connectivity index (χ4v) is 3.33. The Morgan fingerprint density at radius 3 is 1.13 bits per heavy atom. The Morgan fingerprint density at radius 2 is 0.867 bits per heavy atom. The standard InChI is InChI=1S/C30H49N7O8/c1-27(2,3)42-23(38)34-21(32)36(25(40)44-29(7,8)9)16-18-13-19(15-20(31)14-18)17-37(26(41)45-30(10,11)12)22(33)35-24(39)43-28(4,5)6/h13-15H,16-17,31H2,1-12H3,(H2,32,34,38)(H2,33,35,39). The Bertz CT molecular complexity index is 1220. The maximum absolute atomic E-state index is 13.1. The van der Waals surface area contributed by atoms with Crippen molar-refractivity contribution in [3.05, 3.63) is 29.3 Å². The summed E-state index contributed by atoms with van der Waals surface area (Å²) in [4.78, 5) is 60.3. The Kier molecular flexibility index (Phi) is 12.4. The van der Waals surface area contributed by atoms with Crippen molar-refractivity contribution >= 4 is 42.0 Å². The Hall–Kier alpha value is -4.56. The molecule has 0 heterocycles. The van der Waals surface area contributed by atoms with Crippen LogP contribution in [0.2, 0.25) is 0 Å². The summed E-state index contributed by atoms with van der Waals surface area (Å²) in [5.41, 5.74) is 15.9. The second-order valence-corrected chi connectivity index (χ2v) is 14.1. The largest absolute Gasteiger partial charge is 0.443 e. The first kappa shape index (κ1) is 38.5. The summed E-state index contributed by atoms with van der Waals surface area (Å²) in [5, 5.41) is 0. The van der Waals surface area contributed by atoms with Crippen LogP contribution in [0.4, 0.5) is 24.9 Å². The maximum atomic E-state index is 13.1. The second-order valence-electron chi connectivity index (χ2n) is 14.1. The van der Waals surface area contributed by atoms with Crippen LogP contribution in [0.3, 0.4) is 0 Å². The smallest absolute Gasteiger partial charge is 0.437 e. The van der Waals surface area contributed by atoms with Gasteiger partial charge in [-0.15, -0.1) is 9.98 Å². The topological polar surface area (TPSA) is 214 Å². The summed E-state index contributed by atoms with van der Waals surface area (Å²) in [7, 11) is 0. The van der Waals surface area contributed by atoms with E-state index in [1.54, 1.807) is 101 Å². The molecule has 0 bridgehead atoms. The van der Waals surface area contributed by atoms with Gasteiger partial charge in [-0.3, -0.25) is 0 Å². The molecule has 0 unspecified atom stereocenters. The normalized spacial score (nSPS) is 13.1. The van der Waals surface area contributed by atoms with Gasteiger partial charge in [0.25, 0.3) is 0 Å². The minimum absolute atomic E-state index is 0.237. The molecule has 0 radical (unpaired) electrons. The van der Waals surface area contributed by atoms with Crippen LogP contribution in [-0.4, -0.2) is 68.5 Å². The lowest BCUT2D eigenvalue weighted by Crippen LogP contribution is -2.45. The first-order valence-electron chi connectivity index (χ1n) is 14.2. The summed E-state index contributed by atoms with van der Waals surface area (Å²) < 4.78 is 21.3. The van der Waals surface area contributed by atoms with Gasteiger partial charge in [-0.1, -0.05) is 6.07 Å². The number of guanidine groups is 2. The highest BCUT2D eigenvalue weighted by atomic mass is 16.6. The number of rotatable bonds is 4. The van der Waals surface area contributed by atoms with E-state index in [0.717, 1.165) is 9.80 Å². The number of aliphatic imine (C=N–C) groups is 2. The lowest BCUT2D eigenvalue weighted by molar-refractivity contribution is 0.0344. The number of nitrogens with two attached hydrogens (primary N) is 3. The highest BCUT2D eigenvalue weighted by molar-refractivity contribution is 5.99. The zero-order valence-electron chi connectivity index (χ0n) is 28.4. The van der Waals surface area contributed by atoms with E-state index in [-0.39, 0.29) is 18.8 Å². The molecule has 0 atom stereocenters. The van der Waals surface area contributed by atoms with Gasteiger partial charge in [0.15, 0.2) is 0 Å². The average molecular weight is 636 g/mol. The number of hydrogen-bond donors (Lipinski definition) is 3. The van der Waals surface area contributed by atoms with Crippen LogP contribution in [0, 0.1) is 0 Å². The number of nitrogen functional groups attached to an aromatic ring is 1. The van der Waals surface area contributed by atoms with E-state index >= 15 is 0 Å². The van der Waals surface area contributed by atoms with Crippen molar-refractivity contribution in [3.8, 4) is 0 Å². The van der Waals surface area contributed by atoms with Crippen LogP contribution in [0.25, 0.3) is 0 Å². The highest BCUT2D eigenvalue weighted by Crippen LogP contribution is 2.20. The highest BCUT2D eigenvalue weighted by Gasteiger charge is 2.29. The van der Waals surface area contributed by atoms with E-state index in [0.29, 0.717) is 11.1 Å². The number of carbonyl (C=O) groups excluding carboxylic acids is 4. The number of nitrogens with zero attached hydrogens (tertiary/aromatic N) is 4. The number of carbonyl (C=O) groups is 4. The molecule has 0 aliphatic rings. The van der Waals surface area contributed by atoms with Crippen molar-refractivity contribution in [2.45, 2.75) is 119 Å². The first-order chi connectivity index (χ1) is 20.1. The second kappa shape index (κ2) is 14.5. The Labute approximate surface area is 265 Å². The van der Waals surface area contributed by atoms with E-state index in [2.05, 4.69) is 9.98 Å². The van der Waals surface area contributed by atoms with E-state index in [1.165, 1.54) is 0 Å². The predicted molar refractivity (Wildman–Crippen MR) is 170 cm³/mol. The third-order valence-corrected chi connectivity index (χ3v) is 4.74. The molecule has 6 N–H and O–H groups in total. The summed E-state index contributed by atoms with van der Waals surface area (Å²) in [6.07, 6.45) is -3.79. The molecule has 15 heteroatoms. The molecule has 1 rings (SSSR count). The molecular weight excluding hydrogens is 586 g/mol. The van der Waals surface area contributed by atoms with Crippen molar-refractivity contribution < 1.29 is 38.1 Å². The predicted octanol–water partition coefficient (Wildman–Crippen LogP) is 5.24. The van der Waals surface area contributed by atoms with Gasteiger partial charge in [-0.25, -0.2) is 29.0 Å². The number of amides is 4. The molecule has 252 valence electrons. The van der Waals surface area contributed by atoms with Crippen molar-refractivity contribution in [2.75, 3.05) is 5.73 Å². The fourth-order valence-electron chi connectivity index (χ4n) is 3.33. The Morgan fingerprint density at radius 1 is 0.578 bits per heavy atom. The minimum atomic E-state index is -1.01. The molecule has 0 fully saturated rings. The zero-order valence-corrected chi connectivity index (χ0v) is 28.4. The van der Waals surface area contributed by atoms with Crippen LogP contribution >= 0.6 is 0 Å². The van der Waals surface area contributed by atoms with Crippen molar-refractivity contribution in [2.24, 2.45) is 21.5 Å². The SMILES string of the molecule is CC(C)(C)OC(=O)N=C(N)N(Cc1cc(N)cc(CN(C(=O)OC(C)(C)C)C(N)=NC(=O)OC(C)(C)C)c1)C(=O)OC(C)(C)C. The number of ether oxygens (including phenoxy) is 4. The Balaban J connectivity index is 3.54. The lowest BCUT2D eigenvalue weighted by Gasteiger charge is -2.28. The number of anilines is 1. The summed E-state index contributed by atoms with van der Waals surface area (Å²) in [6, 6.07) is 4.71. The molecule has 15 nitrogen and oxygen atoms in total. The van der Waals surface area contributed by atoms with Gasteiger partial charge in [0.1, 0.15) is 22.4 Å². The van der Waals surface area contributed by atoms with Gasteiger partial charge < -0.3 is 36.1 Å². The van der Waals surface area contributed by atoms with E-state index in [9.17, 15) is 19.2 Å². The molecule has 0 aliphatic carbocycles. The zero-order chi connectivity index (χ0) is 35.1. The number of hydrogen-bond acceptors (Lipinski definition) is 9. The lowest BCUT2D eigenvalue weighted by atomic mass is 10.1. The van der Waals surface area contributed by atoms with Gasteiger partial charge in [0.05, 0.1) is 13.1 Å². The van der Waals surface area contributed by atoms with E-state index in [1.807, 2.05) is 0 Å². The maximum Gasteiger partial charge on any atom is 0.437 e. The van der Waals surface area contributed by atoms with Gasteiger partial charge in [0, 0.05) is 5.69 Å². The fraction of sp³-hybridized carbons (Fsp3) is 0.600. The average Bonchev–Trinajstić information content (AvgIpc) is 2.75. The minimum Gasteiger partial charge on any atom is -0.443 e. The third kappa shape index (κ3) is 15.6. The summed E-state index contributed by atoms with van der Waals surface area (Å²) in [5.74, 6) is -0.960. The van der Waals surface area contributed by atoms with Gasteiger partial charge >= 0.3 is 24.4 Å². The molecule has 0 saturated heterocycles. The third-order valence-electron chi connectivity index (χ3n) is 4.74. The molecule has 45 heavy (non-hydrogen) atoms. The first-order valence-corrected chi connectivity index (χ1v) is 14.2. The molecular formula is C30H49N7O8. The molecule has 0 saturated carbocycles. The van der Waals surface area contributed by atoms with Crippen LogP contribution in [-0.2, 0) is 32.0 Å². The van der Waals surface area contributed by atoms with Crippen molar-refractivity contribution in [1.82, 2.24) is 9.80 Å². The van der Waals surface area contributed by atoms with Gasteiger partial charge in [-0.05, 0) is 106 Å². The molecule has 4 amide bonds. The molecule has 1 aromatic carbocycles. The van der Waals surface area contributed by atoms with Crippen molar-refractivity contribution in [3.63, 3.8) is 0 Å². The van der Waals surface area contributed by atoms with Crippen molar-refractivity contribution in [1.29, 1.82) is 0 Å². The molecule has 0 aliphatic heterocycles. The van der Waals surface area contributed by atoms with Crippen LogP contribution < -0.4 is 17.2 Å². The number of benzene rings is 1. The van der Waals surface area contributed by atoms with Crippen LogP contribution in [0.15, 0.2) is 28.2 Å². The molecule has 0 aromatic heterocycles. The quantitative estimate of drug-likeness (QED) is 0.168. The molecule has 1 aromatic rings. The monoisotopic (exact) mass is 635 g/mol. The van der Waals surface area contributed by atoms with Gasteiger partial charge in [-0.2, -0.15) is 0 Å². The van der Waals surface area contributed by atoms with Gasteiger partial charge in [0.2, 0.25) is 11.9 Å². The molecule has 0 spiro atoms. The summed E-state index contributed by atoms with van der Waals surface area (Å²) in [6.45, 7) is 19.4. The van der Waals surface area contributed by atoms with E-state index < -0.39 is 58.7 Å². The van der Waals surface area contributed by atoms with Crippen LogP contribution in [0.5, 0.6) is 0 Å².